The van der Waals surface area contributed by atoms with Crippen molar-refractivity contribution in [1.29, 1.82) is 0 Å². The Labute approximate surface area is 138 Å². The first-order valence-electron chi connectivity index (χ1n) is 7.50. The van der Waals surface area contributed by atoms with Gasteiger partial charge in [0, 0.05) is 24.5 Å². The molecule has 1 N–H and O–H groups in total. The fourth-order valence-corrected chi connectivity index (χ4v) is 2.80. The lowest BCUT2D eigenvalue weighted by Gasteiger charge is -2.26. The Morgan fingerprint density at radius 1 is 1.29 bits per heavy atom. The summed E-state index contributed by atoms with van der Waals surface area (Å²) in [4.78, 5) is 30.2. The maximum atomic E-state index is 13.2. The number of rotatable bonds is 4. The summed E-state index contributed by atoms with van der Waals surface area (Å²) < 4.78 is 13.2. The molecule has 1 aliphatic rings. The molecule has 0 saturated heterocycles. The molecule has 122 valence electrons. The Balaban J connectivity index is 2.16. The third kappa shape index (κ3) is 2.56. The van der Waals surface area contributed by atoms with E-state index in [1.54, 1.807) is 25.3 Å². The Bertz CT molecular complexity index is 816. The maximum Gasteiger partial charge on any atom is 0.294 e. The van der Waals surface area contributed by atoms with Crippen LogP contribution in [0.25, 0.3) is 0 Å². The quantitative estimate of drug-likeness (QED) is 0.937. The van der Waals surface area contributed by atoms with Crippen molar-refractivity contribution in [3.8, 4) is 0 Å². The summed E-state index contributed by atoms with van der Waals surface area (Å²) in [6, 6.07) is 7.94. The molecule has 1 aliphatic heterocycles. The maximum absolute atomic E-state index is 13.2. The molecule has 1 aromatic heterocycles. The first kappa shape index (κ1) is 15.9. The van der Waals surface area contributed by atoms with E-state index in [-0.39, 0.29) is 17.8 Å². The van der Waals surface area contributed by atoms with Gasteiger partial charge in [0.2, 0.25) is 0 Å². The molecule has 0 saturated carbocycles. The van der Waals surface area contributed by atoms with Gasteiger partial charge in [0.15, 0.2) is 11.5 Å². The Hall–Kier alpha value is -3.02. The zero-order valence-electron chi connectivity index (χ0n) is 12.9. The fraction of sp³-hybridized carbons (Fsp3) is 0.167. The minimum absolute atomic E-state index is 0.0415. The molecular weight excluding hydrogens is 311 g/mol. The molecule has 0 fully saturated rings. The lowest BCUT2D eigenvalue weighted by atomic mass is 9.96. The minimum atomic E-state index is -0.788. The van der Waals surface area contributed by atoms with Gasteiger partial charge in [-0.1, -0.05) is 13.0 Å². The van der Waals surface area contributed by atoms with Crippen LogP contribution in [0.4, 0.5) is 10.1 Å². The summed E-state index contributed by atoms with van der Waals surface area (Å²) >= 11 is 0. The van der Waals surface area contributed by atoms with E-state index in [2.05, 4.69) is 4.98 Å². The number of nitrogens with zero attached hydrogens (tertiary/aromatic N) is 2. The molecule has 1 aromatic carbocycles. The first-order valence-corrected chi connectivity index (χ1v) is 7.50. The van der Waals surface area contributed by atoms with Crippen molar-refractivity contribution in [1.82, 2.24) is 4.98 Å². The number of ketones is 1. The van der Waals surface area contributed by atoms with Gasteiger partial charge >= 0.3 is 0 Å². The van der Waals surface area contributed by atoms with E-state index in [1.807, 2.05) is 0 Å². The molecular formula is C18H15FN2O3. The number of Topliss-reactive ketones (excluding diaryl/α,β-unsaturated/α-hetero) is 1. The minimum Gasteiger partial charge on any atom is -0.503 e. The highest BCUT2D eigenvalue weighted by atomic mass is 19.1. The van der Waals surface area contributed by atoms with Crippen LogP contribution in [0, 0.1) is 5.82 Å². The number of carbonyl (C=O) groups excluding carboxylic acids is 2. The average Bonchev–Trinajstić information content (AvgIpc) is 2.87. The lowest BCUT2D eigenvalue weighted by Crippen LogP contribution is -2.31. The summed E-state index contributed by atoms with van der Waals surface area (Å²) in [5, 5.41) is 10.3. The second-order valence-electron chi connectivity index (χ2n) is 5.38. The van der Waals surface area contributed by atoms with Crippen molar-refractivity contribution in [3.05, 3.63) is 71.5 Å². The molecule has 0 bridgehead atoms. The SMILES string of the molecule is CCC(=O)C1=C(O)C(=O)N(c2ccc(F)cc2)C1c1cccnc1. The largest absolute Gasteiger partial charge is 0.503 e. The molecule has 0 spiro atoms. The van der Waals surface area contributed by atoms with Crippen LogP contribution >= 0.6 is 0 Å². The van der Waals surface area contributed by atoms with E-state index in [9.17, 15) is 19.1 Å². The van der Waals surface area contributed by atoms with Crippen LogP contribution in [0.2, 0.25) is 0 Å². The predicted molar refractivity (Wildman–Crippen MR) is 85.8 cm³/mol. The molecule has 6 heteroatoms. The number of carbonyl (C=O) groups is 2. The Kier molecular flexibility index (Phi) is 4.12. The summed E-state index contributed by atoms with van der Waals surface area (Å²) in [6.07, 6.45) is 3.27. The second kappa shape index (κ2) is 6.23. The molecule has 1 amide bonds. The number of anilines is 1. The van der Waals surface area contributed by atoms with Gasteiger partial charge in [0.25, 0.3) is 5.91 Å². The summed E-state index contributed by atoms with van der Waals surface area (Å²) in [5.74, 6) is -2.02. The topological polar surface area (TPSA) is 70.5 Å². The fourth-order valence-electron chi connectivity index (χ4n) is 2.80. The van der Waals surface area contributed by atoms with Crippen LogP contribution in [-0.2, 0) is 9.59 Å². The van der Waals surface area contributed by atoms with Crippen molar-refractivity contribution >= 4 is 17.4 Å². The molecule has 0 radical (unpaired) electrons. The van der Waals surface area contributed by atoms with Gasteiger partial charge in [0.1, 0.15) is 5.82 Å². The van der Waals surface area contributed by atoms with Gasteiger partial charge in [-0.15, -0.1) is 0 Å². The van der Waals surface area contributed by atoms with E-state index < -0.39 is 23.5 Å². The van der Waals surface area contributed by atoms with Gasteiger partial charge in [-0.2, -0.15) is 0 Å². The average molecular weight is 326 g/mol. The summed E-state index contributed by atoms with van der Waals surface area (Å²) in [6.45, 7) is 1.66. The zero-order chi connectivity index (χ0) is 17.3. The molecule has 5 nitrogen and oxygen atoms in total. The zero-order valence-corrected chi connectivity index (χ0v) is 12.9. The van der Waals surface area contributed by atoms with Crippen molar-refractivity contribution in [2.45, 2.75) is 19.4 Å². The number of amides is 1. The highest BCUT2D eigenvalue weighted by Crippen LogP contribution is 2.40. The van der Waals surface area contributed by atoms with Crippen LogP contribution in [0.15, 0.2) is 60.1 Å². The molecule has 1 atom stereocenters. The number of aromatic nitrogens is 1. The van der Waals surface area contributed by atoms with E-state index in [0.717, 1.165) is 0 Å². The van der Waals surface area contributed by atoms with Gasteiger partial charge in [-0.25, -0.2) is 4.39 Å². The van der Waals surface area contributed by atoms with Crippen molar-refractivity contribution in [2.24, 2.45) is 0 Å². The molecule has 2 heterocycles. The van der Waals surface area contributed by atoms with Crippen LogP contribution < -0.4 is 4.90 Å². The highest BCUT2D eigenvalue weighted by Gasteiger charge is 2.43. The van der Waals surface area contributed by atoms with Gasteiger partial charge < -0.3 is 5.11 Å². The number of benzene rings is 1. The Morgan fingerprint density at radius 3 is 2.58 bits per heavy atom. The Morgan fingerprint density at radius 2 is 2.00 bits per heavy atom. The van der Waals surface area contributed by atoms with Crippen molar-refractivity contribution in [2.75, 3.05) is 4.90 Å². The van der Waals surface area contributed by atoms with Crippen LogP contribution in [0.5, 0.6) is 0 Å². The monoisotopic (exact) mass is 326 g/mol. The number of aliphatic hydroxyl groups excluding tert-OH is 1. The van der Waals surface area contributed by atoms with Crippen LogP contribution in [0.3, 0.4) is 0 Å². The molecule has 1 unspecified atom stereocenters. The first-order chi connectivity index (χ1) is 11.5. The third-order valence-corrected chi connectivity index (χ3v) is 3.93. The van der Waals surface area contributed by atoms with E-state index in [1.165, 1.54) is 35.4 Å². The van der Waals surface area contributed by atoms with Gasteiger partial charge in [0.05, 0.1) is 11.6 Å². The van der Waals surface area contributed by atoms with Gasteiger partial charge in [-0.3, -0.25) is 19.5 Å². The molecule has 24 heavy (non-hydrogen) atoms. The van der Waals surface area contributed by atoms with E-state index in [0.29, 0.717) is 11.3 Å². The van der Waals surface area contributed by atoms with E-state index >= 15 is 0 Å². The van der Waals surface area contributed by atoms with Crippen molar-refractivity contribution in [3.63, 3.8) is 0 Å². The van der Waals surface area contributed by atoms with Crippen molar-refractivity contribution < 1.29 is 19.1 Å². The van der Waals surface area contributed by atoms with Gasteiger partial charge in [-0.05, 0) is 35.9 Å². The summed E-state index contributed by atoms with van der Waals surface area (Å²) in [5.41, 5.74) is 1.02. The van der Waals surface area contributed by atoms with Crippen LogP contribution in [0.1, 0.15) is 24.9 Å². The smallest absolute Gasteiger partial charge is 0.294 e. The molecule has 2 aromatic rings. The molecule has 0 aliphatic carbocycles. The standard InChI is InChI=1S/C18H15FN2O3/c1-2-14(22)15-16(11-4-3-9-20-10-11)21(18(24)17(15)23)13-7-5-12(19)6-8-13/h3-10,16,23H,2H2,1H3. The highest BCUT2D eigenvalue weighted by molar-refractivity contribution is 6.16. The number of hydrogen-bond acceptors (Lipinski definition) is 4. The normalized spacial score (nSPS) is 17.5. The lowest BCUT2D eigenvalue weighted by molar-refractivity contribution is -0.118. The van der Waals surface area contributed by atoms with Crippen LogP contribution in [-0.4, -0.2) is 21.8 Å². The number of halogens is 1. The number of hydrogen-bond donors (Lipinski definition) is 1. The summed E-state index contributed by atoms with van der Waals surface area (Å²) in [7, 11) is 0. The predicted octanol–water partition coefficient (Wildman–Crippen LogP) is 3.10. The number of pyridine rings is 1. The third-order valence-electron chi connectivity index (χ3n) is 3.93. The second-order valence-corrected chi connectivity index (χ2v) is 5.38. The molecule has 3 rings (SSSR count). The number of aliphatic hydroxyl groups is 1. The van der Waals surface area contributed by atoms with E-state index in [4.69, 9.17) is 0 Å².